The topological polar surface area (TPSA) is 27.7 Å². The first-order chi connectivity index (χ1) is 13.8. The number of rotatable bonds is 11. The van der Waals surface area contributed by atoms with Gasteiger partial charge in [-0.3, -0.25) is 0 Å². The van der Waals surface area contributed by atoms with Gasteiger partial charge in [0, 0.05) is 0 Å². The molecule has 0 spiro atoms. The summed E-state index contributed by atoms with van der Waals surface area (Å²) in [5, 5.41) is 0. The van der Waals surface area contributed by atoms with Gasteiger partial charge in [-0.2, -0.15) is 0 Å². The monoisotopic (exact) mass is 514 g/mol. The van der Waals surface area contributed by atoms with E-state index in [4.69, 9.17) is 14.2 Å². The first-order valence-corrected chi connectivity index (χ1v) is 20.2. The van der Waals surface area contributed by atoms with E-state index in [2.05, 4.69) is 52.6 Å². The van der Waals surface area contributed by atoms with Crippen molar-refractivity contribution in [3.63, 3.8) is 0 Å². The van der Waals surface area contributed by atoms with E-state index in [1.54, 1.807) is 5.57 Å². The second-order valence-electron chi connectivity index (χ2n) is 10.4. The van der Waals surface area contributed by atoms with Gasteiger partial charge in [0.2, 0.25) is 0 Å². The molecule has 3 aliphatic rings. The average Bonchev–Trinajstić information content (AvgIpc) is 3.23. The van der Waals surface area contributed by atoms with Crippen LogP contribution in [0.15, 0.2) is 9.67 Å². The van der Waals surface area contributed by atoms with Crippen LogP contribution in [0.3, 0.4) is 0 Å². The van der Waals surface area contributed by atoms with Crippen molar-refractivity contribution in [1.29, 1.82) is 0 Å². The number of ether oxygens (including phenoxy) is 3. The zero-order valence-corrected chi connectivity index (χ0v) is 23.0. The van der Waals surface area contributed by atoms with Crippen LogP contribution in [0.4, 0.5) is 0 Å². The van der Waals surface area contributed by atoms with E-state index < -0.39 is 24.2 Å². The van der Waals surface area contributed by atoms with Gasteiger partial charge < -0.3 is 0 Å². The molecule has 3 rings (SSSR count). The van der Waals surface area contributed by atoms with E-state index in [0.717, 1.165) is 6.42 Å². The van der Waals surface area contributed by atoms with E-state index >= 15 is 0 Å². The van der Waals surface area contributed by atoms with E-state index in [1.165, 1.54) is 51.8 Å². The van der Waals surface area contributed by atoms with E-state index in [0.29, 0.717) is 0 Å². The second-order valence-corrected chi connectivity index (χ2v) is 23.3. The van der Waals surface area contributed by atoms with Crippen LogP contribution in [0.5, 0.6) is 0 Å². The Hall–Kier alpha value is 0.419. The number of fused-ring (bicyclic) bond motifs is 5. The van der Waals surface area contributed by atoms with Crippen LogP contribution >= 0.6 is 0 Å². The Labute approximate surface area is 184 Å². The maximum atomic E-state index is 6.59. The summed E-state index contributed by atoms with van der Waals surface area (Å²) in [4.78, 5) is 0. The molecule has 0 radical (unpaired) electrons. The SMILES string of the molecule is CCC[CH2][Sn]([CH]=C1[C@@H]2O[C@H](C)[C@@]1(CC)[C@H]1OC(C)(C)O[C@@H]21)([CH2]CCC)[CH2]CCC. The van der Waals surface area contributed by atoms with Crippen molar-refractivity contribution >= 4 is 18.4 Å². The van der Waals surface area contributed by atoms with Crippen LogP contribution in [0.1, 0.15) is 93.4 Å². The van der Waals surface area contributed by atoms with Crippen LogP contribution in [-0.2, 0) is 14.2 Å². The Morgan fingerprint density at radius 1 is 0.897 bits per heavy atom. The Morgan fingerprint density at radius 2 is 1.45 bits per heavy atom. The van der Waals surface area contributed by atoms with Crippen LogP contribution in [-0.4, -0.2) is 48.6 Å². The maximum absolute atomic E-state index is 6.59. The van der Waals surface area contributed by atoms with Crippen molar-refractivity contribution in [2.75, 3.05) is 0 Å². The summed E-state index contributed by atoms with van der Waals surface area (Å²) in [5.74, 6) is -0.486. The molecule has 0 aromatic heterocycles. The van der Waals surface area contributed by atoms with Crippen molar-refractivity contribution in [2.24, 2.45) is 5.41 Å². The van der Waals surface area contributed by atoms with Crippen LogP contribution < -0.4 is 0 Å². The Balaban J connectivity index is 2.02. The third-order valence-electron chi connectivity index (χ3n) is 7.99. The Morgan fingerprint density at radius 3 is 1.93 bits per heavy atom. The molecule has 2 aliphatic heterocycles. The molecule has 2 saturated heterocycles. The van der Waals surface area contributed by atoms with Crippen molar-refractivity contribution < 1.29 is 14.2 Å². The first-order valence-electron chi connectivity index (χ1n) is 12.5. The van der Waals surface area contributed by atoms with Gasteiger partial charge >= 0.3 is 185 Å². The number of hydrogen-bond donors (Lipinski definition) is 0. The van der Waals surface area contributed by atoms with Crippen molar-refractivity contribution in [2.45, 2.75) is 137 Å². The van der Waals surface area contributed by atoms with Gasteiger partial charge in [0.15, 0.2) is 0 Å². The van der Waals surface area contributed by atoms with E-state index in [-0.39, 0.29) is 29.8 Å². The first kappa shape index (κ1) is 24.1. The summed E-state index contributed by atoms with van der Waals surface area (Å²) in [6, 6.07) is 0. The van der Waals surface area contributed by atoms with E-state index in [1.807, 2.05) is 0 Å². The fourth-order valence-corrected chi connectivity index (χ4v) is 21.9. The third-order valence-corrected chi connectivity index (χ3v) is 22.2. The molecule has 168 valence electrons. The van der Waals surface area contributed by atoms with Crippen LogP contribution in [0, 0.1) is 5.41 Å². The summed E-state index contributed by atoms with van der Waals surface area (Å²) in [5.41, 5.74) is 1.63. The van der Waals surface area contributed by atoms with Gasteiger partial charge in [-0.25, -0.2) is 0 Å². The molecule has 1 aliphatic carbocycles. The Bertz CT molecular complexity index is 565. The third kappa shape index (κ3) is 4.36. The molecule has 4 heteroatoms. The van der Waals surface area contributed by atoms with Gasteiger partial charge in [0.1, 0.15) is 0 Å². The standard InChI is InChI=1S/C13H19O3.3C4H9.Sn/c1-6-13-7(2)9(14-8(13)3)10-11(13)16-12(4,5)15-10;3*1-3-4-2;/h2,8-11H,6H2,1,3-5H3;3*1,3-4H2,2H3;/t8-,9+,10+,11+,13+;;;;/m1..../s1. The van der Waals surface area contributed by atoms with Crippen molar-refractivity contribution in [3.8, 4) is 0 Å². The molecule has 29 heavy (non-hydrogen) atoms. The summed E-state index contributed by atoms with van der Waals surface area (Å²) < 4.78 is 27.0. The predicted octanol–water partition coefficient (Wildman–Crippen LogP) is 7.02. The van der Waals surface area contributed by atoms with Crippen LogP contribution in [0.2, 0.25) is 13.3 Å². The van der Waals surface area contributed by atoms with E-state index in [9.17, 15) is 0 Å². The zero-order chi connectivity index (χ0) is 21.3. The average molecular weight is 513 g/mol. The fraction of sp³-hybridized carbons (Fsp3) is 0.920. The van der Waals surface area contributed by atoms with Gasteiger partial charge in [0.05, 0.1) is 0 Å². The molecular weight excluding hydrogens is 467 g/mol. The second kappa shape index (κ2) is 9.50. The molecule has 2 heterocycles. The van der Waals surface area contributed by atoms with Gasteiger partial charge in [0.25, 0.3) is 0 Å². The van der Waals surface area contributed by atoms with Gasteiger partial charge in [-0.15, -0.1) is 0 Å². The molecular formula is C25H46O3Sn. The zero-order valence-electron chi connectivity index (χ0n) is 20.2. The number of hydrogen-bond acceptors (Lipinski definition) is 3. The van der Waals surface area contributed by atoms with Gasteiger partial charge in [-0.1, -0.05) is 0 Å². The van der Waals surface area contributed by atoms with Crippen molar-refractivity contribution in [1.82, 2.24) is 0 Å². The minimum absolute atomic E-state index is 0.0237. The normalized spacial score (nSPS) is 36.9. The molecule has 0 aromatic carbocycles. The molecule has 5 atom stereocenters. The Kier molecular flexibility index (Phi) is 7.89. The number of unbranched alkanes of at least 4 members (excludes halogenated alkanes) is 3. The van der Waals surface area contributed by atoms with Gasteiger partial charge in [-0.05, 0) is 0 Å². The summed E-state index contributed by atoms with van der Waals surface area (Å²) in [6.45, 7) is 15.8. The molecule has 0 unspecified atom stereocenters. The fourth-order valence-electron chi connectivity index (χ4n) is 6.39. The molecule has 2 bridgehead atoms. The molecule has 0 N–H and O–H groups in total. The summed E-state index contributed by atoms with van der Waals surface area (Å²) in [7, 11) is 0. The quantitative estimate of drug-likeness (QED) is 0.278. The van der Waals surface area contributed by atoms with Crippen molar-refractivity contribution in [3.05, 3.63) is 9.67 Å². The van der Waals surface area contributed by atoms with Crippen LogP contribution in [0.25, 0.3) is 0 Å². The molecule has 3 fully saturated rings. The molecule has 0 amide bonds. The predicted molar refractivity (Wildman–Crippen MR) is 124 cm³/mol. The minimum atomic E-state index is -2.42. The molecule has 0 aromatic rings. The molecule has 3 nitrogen and oxygen atoms in total. The summed E-state index contributed by atoms with van der Waals surface area (Å²) in [6.07, 6.45) is 9.86. The summed E-state index contributed by atoms with van der Waals surface area (Å²) >= 11 is -2.42. The molecule has 1 saturated carbocycles.